The van der Waals surface area contributed by atoms with Crippen LogP contribution in [0.25, 0.3) is 0 Å². The normalized spacial score (nSPS) is 38.2. The van der Waals surface area contributed by atoms with Gasteiger partial charge in [-0.25, -0.2) is 0 Å². The van der Waals surface area contributed by atoms with E-state index in [4.69, 9.17) is 0 Å². The lowest BCUT2D eigenvalue weighted by Gasteiger charge is -2.14. The van der Waals surface area contributed by atoms with Gasteiger partial charge in [0.15, 0.2) is 0 Å². The SMILES string of the molecule is CC[NH+]1CCC[C@H]1C. The first-order valence-corrected chi connectivity index (χ1v) is 3.69. The van der Waals surface area contributed by atoms with E-state index in [2.05, 4.69) is 13.8 Å². The minimum absolute atomic E-state index is 0.944. The molecule has 1 unspecified atom stereocenters. The third-order valence-electron chi connectivity index (χ3n) is 2.29. The van der Waals surface area contributed by atoms with Crippen molar-refractivity contribution in [1.82, 2.24) is 0 Å². The molecule has 48 valence electrons. The molecule has 0 spiro atoms. The predicted octanol–water partition coefficient (Wildman–Crippen LogP) is 0.0735. The molecule has 0 aromatic heterocycles. The summed E-state index contributed by atoms with van der Waals surface area (Å²) in [5.41, 5.74) is 0. The van der Waals surface area contributed by atoms with Crippen molar-refractivity contribution in [3.63, 3.8) is 0 Å². The molecule has 0 aliphatic carbocycles. The van der Waals surface area contributed by atoms with E-state index in [1.54, 1.807) is 4.90 Å². The highest BCUT2D eigenvalue weighted by Crippen LogP contribution is 1.96. The van der Waals surface area contributed by atoms with Gasteiger partial charge in [0.1, 0.15) is 0 Å². The van der Waals surface area contributed by atoms with Gasteiger partial charge in [-0.3, -0.25) is 0 Å². The lowest BCUT2D eigenvalue weighted by molar-refractivity contribution is -0.908. The van der Waals surface area contributed by atoms with E-state index in [0.717, 1.165) is 6.04 Å². The second-order valence-corrected chi connectivity index (χ2v) is 2.81. The van der Waals surface area contributed by atoms with Crippen molar-refractivity contribution in [1.29, 1.82) is 0 Å². The van der Waals surface area contributed by atoms with Crippen LogP contribution in [0.3, 0.4) is 0 Å². The van der Waals surface area contributed by atoms with Crippen LogP contribution in [-0.4, -0.2) is 19.1 Å². The molecule has 1 aliphatic heterocycles. The summed E-state index contributed by atoms with van der Waals surface area (Å²) in [6.45, 7) is 7.36. The lowest BCUT2D eigenvalue weighted by atomic mass is 10.2. The summed E-state index contributed by atoms with van der Waals surface area (Å²) in [5, 5.41) is 0. The van der Waals surface area contributed by atoms with Crippen molar-refractivity contribution < 1.29 is 4.90 Å². The number of likely N-dealkylation sites (tertiary alicyclic amines) is 1. The monoisotopic (exact) mass is 114 g/mol. The quantitative estimate of drug-likeness (QED) is 0.492. The smallest absolute Gasteiger partial charge is 0.0848 e. The number of hydrogen-bond acceptors (Lipinski definition) is 0. The zero-order chi connectivity index (χ0) is 5.98. The minimum atomic E-state index is 0.944. The lowest BCUT2D eigenvalue weighted by Crippen LogP contribution is -3.12. The Bertz CT molecular complexity index is 70.8. The van der Waals surface area contributed by atoms with Gasteiger partial charge in [0, 0.05) is 12.8 Å². The Labute approximate surface area is 51.7 Å². The molecule has 0 saturated carbocycles. The fraction of sp³-hybridized carbons (Fsp3) is 1.00. The van der Waals surface area contributed by atoms with Crippen LogP contribution in [0.2, 0.25) is 0 Å². The molecule has 0 bridgehead atoms. The molecule has 0 radical (unpaired) electrons. The van der Waals surface area contributed by atoms with E-state index in [-0.39, 0.29) is 0 Å². The Balaban J connectivity index is 2.30. The van der Waals surface area contributed by atoms with Crippen molar-refractivity contribution in [3.05, 3.63) is 0 Å². The zero-order valence-corrected chi connectivity index (χ0v) is 5.91. The van der Waals surface area contributed by atoms with Crippen LogP contribution in [0.4, 0.5) is 0 Å². The van der Waals surface area contributed by atoms with Crippen molar-refractivity contribution in [3.8, 4) is 0 Å². The maximum Gasteiger partial charge on any atom is 0.0848 e. The van der Waals surface area contributed by atoms with E-state index < -0.39 is 0 Å². The van der Waals surface area contributed by atoms with Gasteiger partial charge in [-0.15, -0.1) is 0 Å². The molecule has 2 atom stereocenters. The molecule has 1 heterocycles. The molecule has 1 saturated heterocycles. The van der Waals surface area contributed by atoms with Gasteiger partial charge >= 0.3 is 0 Å². The number of quaternary nitrogens is 1. The highest BCUT2D eigenvalue weighted by Gasteiger charge is 2.21. The maximum atomic E-state index is 2.35. The van der Waals surface area contributed by atoms with Crippen molar-refractivity contribution in [2.24, 2.45) is 0 Å². The first-order valence-electron chi connectivity index (χ1n) is 3.69. The standard InChI is InChI=1S/C7H15N/c1-3-8-6-4-5-7(8)2/h7H,3-6H2,1-2H3/p+1/t7-/m1/s1. The van der Waals surface area contributed by atoms with Crippen molar-refractivity contribution >= 4 is 0 Å². The molecule has 1 rings (SSSR count). The second kappa shape index (κ2) is 2.49. The topological polar surface area (TPSA) is 4.44 Å². The largest absolute Gasteiger partial charge is 0.333 e. The molecule has 1 N–H and O–H groups in total. The van der Waals surface area contributed by atoms with Gasteiger partial charge in [0.25, 0.3) is 0 Å². The molecule has 0 aromatic carbocycles. The van der Waals surface area contributed by atoms with Gasteiger partial charge in [0.2, 0.25) is 0 Å². The third-order valence-corrected chi connectivity index (χ3v) is 2.29. The fourth-order valence-electron chi connectivity index (χ4n) is 1.61. The van der Waals surface area contributed by atoms with Gasteiger partial charge in [-0.05, 0) is 13.8 Å². The van der Waals surface area contributed by atoms with Gasteiger partial charge in [-0.1, -0.05) is 0 Å². The summed E-state index contributed by atoms with van der Waals surface area (Å²) in [6, 6.07) is 0.944. The highest BCUT2D eigenvalue weighted by atomic mass is 15.2. The van der Waals surface area contributed by atoms with Crippen molar-refractivity contribution in [2.45, 2.75) is 32.7 Å². The molecular weight excluding hydrogens is 98.1 g/mol. The second-order valence-electron chi connectivity index (χ2n) is 2.81. The van der Waals surface area contributed by atoms with Crippen LogP contribution >= 0.6 is 0 Å². The van der Waals surface area contributed by atoms with Gasteiger partial charge in [0.05, 0.1) is 19.1 Å². The molecule has 1 heteroatoms. The van der Waals surface area contributed by atoms with Crippen LogP contribution in [-0.2, 0) is 0 Å². The average molecular weight is 114 g/mol. The van der Waals surface area contributed by atoms with Crippen LogP contribution in [0.5, 0.6) is 0 Å². The Morgan fingerprint density at radius 1 is 1.62 bits per heavy atom. The number of hydrogen-bond donors (Lipinski definition) is 1. The Morgan fingerprint density at radius 3 is 2.62 bits per heavy atom. The zero-order valence-electron chi connectivity index (χ0n) is 5.91. The maximum absolute atomic E-state index is 2.35. The summed E-state index contributed by atoms with van der Waals surface area (Å²) in [6.07, 6.45) is 2.90. The summed E-state index contributed by atoms with van der Waals surface area (Å²) in [7, 11) is 0. The molecule has 0 aromatic rings. The molecule has 1 fully saturated rings. The molecular formula is C7H16N+. The van der Waals surface area contributed by atoms with E-state index in [1.807, 2.05) is 0 Å². The highest BCUT2D eigenvalue weighted by molar-refractivity contribution is 4.54. The Morgan fingerprint density at radius 2 is 2.38 bits per heavy atom. The van der Waals surface area contributed by atoms with E-state index in [1.165, 1.54) is 25.9 Å². The Kier molecular flexibility index (Phi) is 1.90. The third kappa shape index (κ3) is 1.03. The first-order chi connectivity index (χ1) is 3.84. The summed E-state index contributed by atoms with van der Waals surface area (Å²) in [4.78, 5) is 1.80. The molecule has 1 aliphatic rings. The number of nitrogens with one attached hydrogen (secondary N) is 1. The van der Waals surface area contributed by atoms with Crippen LogP contribution in [0.1, 0.15) is 26.7 Å². The number of rotatable bonds is 1. The van der Waals surface area contributed by atoms with E-state index in [0.29, 0.717) is 0 Å². The molecule has 1 nitrogen and oxygen atoms in total. The van der Waals surface area contributed by atoms with Crippen LogP contribution in [0.15, 0.2) is 0 Å². The average Bonchev–Trinajstić information content (AvgIpc) is 2.14. The van der Waals surface area contributed by atoms with E-state index >= 15 is 0 Å². The van der Waals surface area contributed by atoms with Crippen LogP contribution in [0, 0.1) is 0 Å². The Hall–Kier alpha value is -0.0400. The van der Waals surface area contributed by atoms with Gasteiger partial charge < -0.3 is 4.90 Å². The molecule has 8 heavy (non-hydrogen) atoms. The predicted molar refractivity (Wildman–Crippen MR) is 35.1 cm³/mol. The fourth-order valence-corrected chi connectivity index (χ4v) is 1.61. The summed E-state index contributed by atoms with van der Waals surface area (Å²) >= 11 is 0. The summed E-state index contributed by atoms with van der Waals surface area (Å²) in [5.74, 6) is 0. The van der Waals surface area contributed by atoms with Gasteiger partial charge in [-0.2, -0.15) is 0 Å². The minimum Gasteiger partial charge on any atom is -0.333 e. The first kappa shape index (κ1) is 6.09. The van der Waals surface area contributed by atoms with Crippen molar-refractivity contribution in [2.75, 3.05) is 13.1 Å². The summed E-state index contributed by atoms with van der Waals surface area (Å²) < 4.78 is 0. The van der Waals surface area contributed by atoms with Crippen LogP contribution < -0.4 is 4.90 Å². The molecule has 0 amide bonds. The van der Waals surface area contributed by atoms with E-state index in [9.17, 15) is 0 Å².